The summed E-state index contributed by atoms with van der Waals surface area (Å²) >= 11 is 5.79. The van der Waals surface area contributed by atoms with Gasteiger partial charge in [-0.05, 0) is 48.5 Å². The predicted octanol–water partition coefficient (Wildman–Crippen LogP) is 6.49. The molecule has 6 nitrogen and oxygen atoms in total. The first-order valence-corrected chi connectivity index (χ1v) is 10.0. The van der Waals surface area contributed by atoms with Gasteiger partial charge >= 0.3 is 12.1 Å². The minimum absolute atomic E-state index is 0.101. The number of rotatable bonds is 5. The van der Waals surface area contributed by atoms with Crippen LogP contribution < -0.4 is 19.6 Å². The first-order valence-electron chi connectivity index (χ1n) is 9.64. The van der Waals surface area contributed by atoms with Gasteiger partial charge in [-0.25, -0.2) is 4.79 Å². The smallest absolute Gasteiger partial charge is 0.453 e. The van der Waals surface area contributed by atoms with Crippen molar-refractivity contribution in [2.24, 2.45) is 0 Å². The van der Waals surface area contributed by atoms with Gasteiger partial charge in [0.25, 0.3) is 5.76 Å². The van der Waals surface area contributed by atoms with Crippen LogP contribution in [0.1, 0.15) is 16.1 Å². The van der Waals surface area contributed by atoms with Crippen molar-refractivity contribution in [2.75, 3.05) is 7.11 Å². The Morgan fingerprint density at radius 3 is 2.29 bits per heavy atom. The molecule has 1 aromatic heterocycles. The van der Waals surface area contributed by atoms with Gasteiger partial charge in [0.15, 0.2) is 11.5 Å². The van der Waals surface area contributed by atoms with E-state index in [1.54, 1.807) is 6.07 Å². The highest BCUT2D eigenvalue weighted by molar-refractivity contribution is 6.30. The SMILES string of the molecule is COc1ccccc1Oc1c(C(F)(F)F)oc2cc(OC(=O)c3ccc(Cl)cc3)ccc2c1=O. The number of methoxy groups -OCH3 is 1. The van der Waals surface area contributed by atoms with Crippen LogP contribution in [0.4, 0.5) is 13.2 Å². The van der Waals surface area contributed by atoms with E-state index < -0.39 is 34.7 Å². The number of hydrogen-bond donors (Lipinski definition) is 0. The lowest BCUT2D eigenvalue weighted by molar-refractivity contribution is -0.154. The maximum atomic E-state index is 13.8. The first kappa shape index (κ1) is 23.2. The van der Waals surface area contributed by atoms with Crippen LogP contribution in [-0.4, -0.2) is 13.1 Å². The number of fused-ring (bicyclic) bond motifs is 1. The highest BCUT2D eigenvalue weighted by Gasteiger charge is 2.40. The Bertz CT molecular complexity index is 1430. The summed E-state index contributed by atoms with van der Waals surface area (Å²) in [5.74, 6) is -3.56. The molecule has 1 heterocycles. The van der Waals surface area contributed by atoms with Crippen LogP contribution in [0.5, 0.6) is 23.0 Å². The van der Waals surface area contributed by atoms with Gasteiger partial charge in [0.2, 0.25) is 11.2 Å². The number of para-hydroxylation sites is 2. The van der Waals surface area contributed by atoms with E-state index in [4.69, 9.17) is 30.2 Å². The topological polar surface area (TPSA) is 75.0 Å². The lowest BCUT2D eigenvalue weighted by atomic mass is 10.2. The third-order valence-corrected chi connectivity index (χ3v) is 4.90. The van der Waals surface area contributed by atoms with E-state index in [1.807, 2.05) is 0 Å². The molecule has 0 radical (unpaired) electrons. The van der Waals surface area contributed by atoms with Gasteiger partial charge < -0.3 is 18.6 Å². The Hall–Kier alpha value is -3.98. The molecule has 4 rings (SSSR count). The van der Waals surface area contributed by atoms with E-state index in [9.17, 15) is 22.8 Å². The average molecular weight is 491 g/mol. The summed E-state index contributed by atoms with van der Waals surface area (Å²) < 4.78 is 61.9. The molecule has 0 saturated heterocycles. The minimum atomic E-state index is -5.05. The first-order chi connectivity index (χ1) is 16.2. The molecule has 174 valence electrons. The molecule has 0 amide bonds. The molecule has 0 aliphatic heterocycles. The van der Waals surface area contributed by atoms with E-state index in [0.29, 0.717) is 5.02 Å². The van der Waals surface area contributed by atoms with E-state index in [-0.39, 0.29) is 28.2 Å². The molecule has 34 heavy (non-hydrogen) atoms. The Morgan fingerprint density at radius 1 is 0.971 bits per heavy atom. The number of carbonyl (C=O) groups excluding carboxylic acids is 1. The molecule has 0 spiro atoms. The van der Waals surface area contributed by atoms with Crippen molar-refractivity contribution in [3.8, 4) is 23.0 Å². The van der Waals surface area contributed by atoms with Crippen LogP contribution in [0.25, 0.3) is 11.0 Å². The van der Waals surface area contributed by atoms with Crippen molar-refractivity contribution in [2.45, 2.75) is 6.18 Å². The molecule has 10 heteroatoms. The van der Waals surface area contributed by atoms with Crippen molar-refractivity contribution in [3.05, 3.63) is 93.3 Å². The Balaban J connectivity index is 1.76. The molecule has 0 unspecified atom stereocenters. The Kier molecular flexibility index (Phi) is 6.21. The number of ether oxygens (including phenoxy) is 3. The van der Waals surface area contributed by atoms with Gasteiger partial charge in [0, 0.05) is 11.1 Å². The molecule has 4 aromatic rings. The number of esters is 1. The molecule has 0 bridgehead atoms. The second kappa shape index (κ2) is 9.11. The zero-order valence-corrected chi connectivity index (χ0v) is 18.1. The molecule has 3 aromatic carbocycles. The number of carbonyl (C=O) groups is 1. The fourth-order valence-electron chi connectivity index (χ4n) is 3.06. The standard InChI is InChI=1S/C24H14ClF3O6/c1-31-17-4-2-3-5-18(17)33-21-20(29)16-11-10-15(12-19(16)34-22(21)24(26,27)28)32-23(30)13-6-8-14(25)9-7-13/h2-12H,1H3. The largest absolute Gasteiger partial charge is 0.493 e. The zero-order chi connectivity index (χ0) is 24.5. The van der Waals surface area contributed by atoms with Crippen LogP contribution in [0.3, 0.4) is 0 Å². The lowest BCUT2D eigenvalue weighted by Gasteiger charge is -2.15. The number of benzene rings is 3. The molecule has 0 fully saturated rings. The maximum absolute atomic E-state index is 13.8. The molecule has 0 aliphatic carbocycles. The molecule has 0 saturated carbocycles. The second-order valence-corrected chi connectivity index (χ2v) is 7.33. The summed E-state index contributed by atoms with van der Waals surface area (Å²) in [4.78, 5) is 25.2. The van der Waals surface area contributed by atoms with E-state index in [2.05, 4.69) is 0 Å². The summed E-state index contributed by atoms with van der Waals surface area (Å²) in [5.41, 5.74) is -1.33. The number of hydrogen-bond acceptors (Lipinski definition) is 6. The summed E-state index contributed by atoms with van der Waals surface area (Å²) in [6.07, 6.45) is -5.05. The summed E-state index contributed by atoms with van der Waals surface area (Å²) in [6.45, 7) is 0. The Labute approximate surface area is 195 Å². The van der Waals surface area contributed by atoms with Gasteiger partial charge in [-0.15, -0.1) is 0 Å². The maximum Gasteiger partial charge on any atom is 0.453 e. The molecule has 0 atom stereocenters. The van der Waals surface area contributed by atoms with Crippen molar-refractivity contribution >= 4 is 28.5 Å². The quantitative estimate of drug-likeness (QED) is 0.235. The Morgan fingerprint density at radius 2 is 1.65 bits per heavy atom. The normalized spacial score (nSPS) is 11.3. The molecule has 0 aliphatic rings. The summed E-state index contributed by atoms with van der Waals surface area (Å²) in [5, 5.41) is 0.207. The summed E-state index contributed by atoms with van der Waals surface area (Å²) in [6, 6.07) is 15.2. The van der Waals surface area contributed by atoms with Crippen LogP contribution in [0.2, 0.25) is 5.02 Å². The average Bonchev–Trinajstić information content (AvgIpc) is 2.80. The summed E-state index contributed by atoms with van der Waals surface area (Å²) in [7, 11) is 1.31. The highest BCUT2D eigenvalue weighted by atomic mass is 35.5. The molecular formula is C24H14ClF3O6. The zero-order valence-electron chi connectivity index (χ0n) is 17.3. The molecule has 0 N–H and O–H groups in total. The monoisotopic (exact) mass is 490 g/mol. The van der Waals surface area contributed by atoms with Gasteiger partial charge in [0.05, 0.1) is 18.1 Å². The van der Waals surface area contributed by atoms with E-state index in [1.165, 1.54) is 61.7 Å². The van der Waals surface area contributed by atoms with Gasteiger partial charge in [-0.2, -0.15) is 13.2 Å². The van der Waals surface area contributed by atoms with Crippen LogP contribution in [0, 0.1) is 0 Å². The lowest BCUT2D eigenvalue weighted by Crippen LogP contribution is -2.16. The highest BCUT2D eigenvalue weighted by Crippen LogP contribution is 2.40. The van der Waals surface area contributed by atoms with Gasteiger partial charge in [0.1, 0.15) is 11.3 Å². The van der Waals surface area contributed by atoms with Crippen molar-refractivity contribution in [1.82, 2.24) is 0 Å². The van der Waals surface area contributed by atoms with Gasteiger partial charge in [-0.1, -0.05) is 23.7 Å². The third-order valence-electron chi connectivity index (χ3n) is 4.65. The third kappa shape index (κ3) is 4.69. The van der Waals surface area contributed by atoms with Gasteiger partial charge in [-0.3, -0.25) is 4.79 Å². The van der Waals surface area contributed by atoms with Crippen LogP contribution in [-0.2, 0) is 6.18 Å². The predicted molar refractivity (Wildman–Crippen MR) is 117 cm³/mol. The molecular weight excluding hydrogens is 477 g/mol. The minimum Gasteiger partial charge on any atom is -0.493 e. The second-order valence-electron chi connectivity index (χ2n) is 6.89. The van der Waals surface area contributed by atoms with E-state index >= 15 is 0 Å². The van der Waals surface area contributed by atoms with Crippen LogP contribution in [0.15, 0.2) is 75.9 Å². The van der Waals surface area contributed by atoms with E-state index in [0.717, 1.165) is 6.07 Å². The fraction of sp³-hybridized carbons (Fsp3) is 0.0833. The van der Waals surface area contributed by atoms with Crippen LogP contribution >= 0.6 is 11.6 Å². The number of halogens is 4. The number of alkyl halides is 3. The van der Waals surface area contributed by atoms with Crippen molar-refractivity contribution in [1.29, 1.82) is 0 Å². The van der Waals surface area contributed by atoms with Crippen molar-refractivity contribution < 1.29 is 36.6 Å². The fourth-order valence-corrected chi connectivity index (χ4v) is 3.19. The van der Waals surface area contributed by atoms with Crippen molar-refractivity contribution in [3.63, 3.8) is 0 Å².